The molecule has 2 N–H and O–H groups in total. The van der Waals surface area contributed by atoms with Gasteiger partial charge in [-0.3, -0.25) is 0 Å². The van der Waals surface area contributed by atoms with Gasteiger partial charge >= 0.3 is 0 Å². The van der Waals surface area contributed by atoms with Crippen LogP contribution in [-0.2, 0) is 6.54 Å². The van der Waals surface area contributed by atoms with Crippen molar-refractivity contribution >= 4 is 29.1 Å². The Balaban J connectivity index is 1.61. The van der Waals surface area contributed by atoms with Crippen molar-refractivity contribution in [2.45, 2.75) is 25.8 Å². The summed E-state index contributed by atoms with van der Waals surface area (Å²) in [5.74, 6) is 2.64. The third-order valence-electron chi connectivity index (χ3n) is 4.42. The van der Waals surface area contributed by atoms with Crippen molar-refractivity contribution < 1.29 is 9.47 Å². The van der Waals surface area contributed by atoms with Gasteiger partial charge in [0, 0.05) is 25.7 Å². The zero-order chi connectivity index (χ0) is 19.1. The summed E-state index contributed by atoms with van der Waals surface area (Å²) in [6.45, 7) is 2.60. The van der Waals surface area contributed by atoms with E-state index in [0.29, 0.717) is 23.5 Å². The second-order valence-corrected chi connectivity index (χ2v) is 6.70. The van der Waals surface area contributed by atoms with Gasteiger partial charge in [-0.25, -0.2) is 0 Å². The van der Waals surface area contributed by atoms with Crippen molar-refractivity contribution in [2.24, 2.45) is 0 Å². The van der Waals surface area contributed by atoms with Crippen LogP contribution in [0.4, 0.5) is 11.8 Å². The summed E-state index contributed by atoms with van der Waals surface area (Å²) in [6, 6.07) is 9.69. The summed E-state index contributed by atoms with van der Waals surface area (Å²) in [6.07, 6.45) is 3.62. The number of nitrogens with zero attached hydrogens (tertiary/aromatic N) is 3. The molecule has 0 atom stereocenters. The van der Waals surface area contributed by atoms with Crippen LogP contribution >= 0.6 is 12.2 Å². The molecule has 0 spiro atoms. The van der Waals surface area contributed by atoms with Crippen LogP contribution in [0.5, 0.6) is 11.6 Å². The first kappa shape index (κ1) is 19.2. The van der Waals surface area contributed by atoms with Gasteiger partial charge in [0.1, 0.15) is 11.6 Å². The van der Waals surface area contributed by atoms with Crippen LogP contribution in [0.1, 0.15) is 24.8 Å². The number of hydrogen-bond acceptors (Lipinski definition) is 6. The molecule has 1 aromatic carbocycles. The smallest absolute Gasteiger partial charge is 0.234 e. The highest BCUT2D eigenvalue weighted by atomic mass is 32.1. The first-order valence-corrected chi connectivity index (χ1v) is 9.44. The van der Waals surface area contributed by atoms with Gasteiger partial charge in [-0.15, -0.1) is 0 Å². The van der Waals surface area contributed by atoms with E-state index in [-0.39, 0.29) is 0 Å². The van der Waals surface area contributed by atoms with E-state index in [4.69, 9.17) is 21.7 Å². The standard InChI is InChI=1S/C19H25N5O2S/c1-25-15-8-6-14(7-9-15)13-20-19(27)23-18-21-16(12-17(22-18)26-2)24-10-4-3-5-11-24/h6-9,12H,3-5,10-11,13H2,1-2H3,(H2,20,21,22,23,27). The van der Waals surface area contributed by atoms with E-state index < -0.39 is 0 Å². The molecule has 7 nitrogen and oxygen atoms in total. The highest BCUT2D eigenvalue weighted by Crippen LogP contribution is 2.22. The van der Waals surface area contributed by atoms with Crippen LogP contribution in [0, 0.1) is 0 Å². The average molecular weight is 388 g/mol. The van der Waals surface area contributed by atoms with E-state index in [1.54, 1.807) is 14.2 Å². The summed E-state index contributed by atoms with van der Waals surface area (Å²) in [5.41, 5.74) is 1.10. The Labute approximate surface area is 165 Å². The van der Waals surface area contributed by atoms with Crippen molar-refractivity contribution in [1.29, 1.82) is 0 Å². The van der Waals surface area contributed by atoms with E-state index in [9.17, 15) is 0 Å². The second kappa shape index (κ2) is 9.36. The van der Waals surface area contributed by atoms with Gasteiger partial charge in [0.25, 0.3) is 0 Å². The number of piperidine rings is 1. The van der Waals surface area contributed by atoms with Crippen LogP contribution in [0.25, 0.3) is 0 Å². The quantitative estimate of drug-likeness (QED) is 0.733. The third kappa shape index (κ3) is 5.43. The molecule has 2 heterocycles. The number of methoxy groups -OCH3 is 2. The van der Waals surface area contributed by atoms with E-state index in [1.807, 2.05) is 30.3 Å². The molecule has 8 heteroatoms. The summed E-state index contributed by atoms with van der Waals surface area (Å²) < 4.78 is 10.5. The first-order valence-electron chi connectivity index (χ1n) is 9.04. The maximum atomic E-state index is 5.38. The molecule has 27 heavy (non-hydrogen) atoms. The normalized spacial score (nSPS) is 13.8. The topological polar surface area (TPSA) is 71.5 Å². The Morgan fingerprint density at radius 2 is 1.81 bits per heavy atom. The van der Waals surface area contributed by atoms with Crippen LogP contribution in [0.2, 0.25) is 0 Å². The lowest BCUT2D eigenvalue weighted by Gasteiger charge is -2.28. The summed E-state index contributed by atoms with van der Waals surface area (Å²) in [4.78, 5) is 11.2. The Bertz CT molecular complexity index is 763. The lowest BCUT2D eigenvalue weighted by Crippen LogP contribution is -2.31. The number of hydrogen-bond donors (Lipinski definition) is 2. The van der Waals surface area contributed by atoms with E-state index in [2.05, 4.69) is 25.5 Å². The fourth-order valence-electron chi connectivity index (χ4n) is 2.93. The lowest BCUT2D eigenvalue weighted by molar-refractivity contribution is 0.397. The Hall–Kier alpha value is -2.61. The highest BCUT2D eigenvalue weighted by molar-refractivity contribution is 7.80. The number of ether oxygens (including phenoxy) is 2. The maximum Gasteiger partial charge on any atom is 0.234 e. The van der Waals surface area contributed by atoms with Gasteiger partial charge in [-0.1, -0.05) is 12.1 Å². The van der Waals surface area contributed by atoms with Gasteiger partial charge in [0.2, 0.25) is 11.8 Å². The molecule has 1 fully saturated rings. The van der Waals surface area contributed by atoms with Crippen molar-refractivity contribution in [2.75, 3.05) is 37.5 Å². The molecule has 1 aliphatic rings. The number of rotatable bonds is 6. The molecule has 0 radical (unpaired) electrons. The number of benzene rings is 1. The molecule has 144 valence electrons. The molecule has 0 aliphatic carbocycles. The van der Waals surface area contributed by atoms with Crippen LogP contribution in [0.15, 0.2) is 30.3 Å². The molecule has 0 unspecified atom stereocenters. The predicted molar refractivity (Wildman–Crippen MR) is 111 cm³/mol. The minimum absolute atomic E-state index is 0.433. The molecule has 1 aromatic heterocycles. The fourth-order valence-corrected chi connectivity index (χ4v) is 3.09. The molecule has 1 saturated heterocycles. The Kier molecular flexibility index (Phi) is 6.64. The average Bonchev–Trinajstić information content (AvgIpc) is 2.73. The van der Waals surface area contributed by atoms with Gasteiger partial charge in [0.05, 0.1) is 14.2 Å². The van der Waals surface area contributed by atoms with Crippen LogP contribution in [0.3, 0.4) is 0 Å². The third-order valence-corrected chi connectivity index (χ3v) is 4.66. The molecule has 0 saturated carbocycles. The Morgan fingerprint density at radius 3 is 2.48 bits per heavy atom. The largest absolute Gasteiger partial charge is 0.497 e. The second-order valence-electron chi connectivity index (χ2n) is 6.30. The summed E-state index contributed by atoms with van der Waals surface area (Å²) in [7, 11) is 3.25. The Morgan fingerprint density at radius 1 is 1.07 bits per heavy atom. The lowest BCUT2D eigenvalue weighted by atomic mass is 10.1. The first-order chi connectivity index (χ1) is 13.2. The highest BCUT2D eigenvalue weighted by Gasteiger charge is 2.15. The van der Waals surface area contributed by atoms with E-state index in [1.165, 1.54) is 19.3 Å². The molecule has 0 amide bonds. The van der Waals surface area contributed by atoms with Crippen molar-refractivity contribution in [1.82, 2.24) is 15.3 Å². The number of aromatic nitrogens is 2. The zero-order valence-corrected chi connectivity index (χ0v) is 16.5. The van der Waals surface area contributed by atoms with Crippen molar-refractivity contribution in [3.05, 3.63) is 35.9 Å². The fraction of sp³-hybridized carbons (Fsp3) is 0.421. The van der Waals surface area contributed by atoms with Gasteiger partial charge < -0.3 is 25.0 Å². The molecular formula is C19H25N5O2S. The summed E-state index contributed by atoms with van der Waals surface area (Å²) >= 11 is 5.38. The van der Waals surface area contributed by atoms with Gasteiger partial charge in [-0.2, -0.15) is 9.97 Å². The molecular weight excluding hydrogens is 362 g/mol. The van der Waals surface area contributed by atoms with Gasteiger partial charge in [-0.05, 0) is 49.2 Å². The molecule has 0 bridgehead atoms. The predicted octanol–water partition coefficient (Wildman–Crippen LogP) is 2.97. The number of nitrogens with one attached hydrogen (secondary N) is 2. The van der Waals surface area contributed by atoms with E-state index in [0.717, 1.165) is 30.2 Å². The molecule has 1 aliphatic heterocycles. The molecule has 2 aromatic rings. The minimum Gasteiger partial charge on any atom is -0.497 e. The minimum atomic E-state index is 0.433. The number of anilines is 2. The maximum absolute atomic E-state index is 5.38. The van der Waals surface area contributed by atoms with Crippen molar-refractivity contribution in [3.8, 4) is 11.6 Å². The summed E-state index contributed by atoms with van der Waals surface area (Å²) in [5, 5.41) is 6.68. The van der Waals surface area contributed by atoms with E-state index >= 15 is 0 Å². The SMILES string of the molecule is COc1ccc(CNC(=S)Nc2nc(OC)cc(N3CCCCC3)n2)cc1. The molecule has 3 rings (SSSR count). The van der Waals surface area contributed by atoms with Crippen LogP contribution in [-0.4, -0.2) is 42.4 Å². The van der Waals surface area contributed by atoms with Crippen molar-refractivity contribution in [3.63, 3.8) is 0 Å². The monoisotopic (exact) mass is 387 g/mol. The number of thiocarbonyl (C=S) groups is 1. The van der Waals surface area contributed by atoms with Crippen LogP contribution < -0.4 is 25.0 Å². The van der Waals surface area contributed by atoms with Gasteiger partial charge in [0.15, 0.2) is 5.11 Å². The zero-order valence-electron chi connectivity index (χ0n) is 15.7.